The van der Waals surface area contributed by atoms with Gasteiger partial charge in [-0.3, -0.25) is 9.59 Å². The fourth-order valence-electron chi connectivity index (χ4n) is 3.04. The molecule has 1 aliphatic heterocycles. The molecule has 0 spiro atoms. The van der Waals surface area contributed by atoms with Crippen molar-refractivity contribution in [1.29, 1.82) is 0 Å². The van der Waals surface area contributed by atoms with Crippen molar-refractivity contribution in [2.75, 3.05) is 5.32 Å². The fourth-order valence-corrected chi connectivity index (χ4v) is 3.04. The second kappa shape index (κ2) is 6.38. The lowest BCUT2D eigenvalue weighted by atomic mass is 10.1. The Hall–Kier alpha value is -2.04. The van der Waals surface area contributed by atoms with Gasteiger partial charge in [-0.2, -0.15) is 0 Å². The van der Waals surface area contributed by atoms with E-state index in [0.717, 1.165) is 12.8 Å². The Labute approximate surface area is 130 Å². The van der Waals surface area contributed by atoms with Crippen LogP contribution in [-0.2, 0) is 4.79 Å². The molecular formula is C17H22N2O3. The minimum atomic E-state index is -0.502. The number of rotatable bonds is 2. The highest BCUT2D eigenvalue weighted by Gasteiger charge is 2.24. The Morgan fingerprint density at radius 3 is 2.68 bits per heavy atom. The molecule has 22 heavy (non-hydrogen) atoms. The maximum absolute atomic E-state index is 12.4. The SMILES string of the molecule is CC1Oc2ccc(C(=O)NC3CCCCCC3)cc2NC1=O. The van der Waals surface area contributed by atoms with Gasteiger partial charge >= 0.3 is 0 Å². The Morgan fingerprint density at radius 1 is 1.23 bits per heavy atom. The summed E-state index contributed by atoms with van der Waals surface area (Å²) in [5.41, 5.74) is 1.12. The van der Waals surface area contributed by atoms with Crippen molar-refractivity contribution >= 4 is 17.5 Å². The first-order chi connectivity index (χ1) is 10.6. The number of hydrogen-bond acceptors (Lipinski definition) is 3. The number of carbonyl (C=O) groups is 2. The largest absolute Gasteiger partial charge is 0.479 e. The molecule has 0 aromatic heterocycles. The molecule has 1 atom stereocenters. The molecule has 5 heteroatoms. The number of anilines is 1. The van der Waals surface area contributed by atoms with E-state index in [1.807, 2.05) is 0 Å². The third-order valence-electron chi connectivity index (χ3n) is 4.36. The molecule has 2 amide bonds. The summed E-state index contributed by atoms with van der Waals surface area (Å²) in [5, 5.41) is 5.88. The van der Waals surface area contributed by atoms with Gasteiger partial charge in [-0.1, -0.05) is 25.7 Å². The average molecular weight is 302 g/mol. The van der Waals surface area contributed by atoms with Crippen LogP contribution in [-0.4, -0.2) is 24.0 Å². The number of hydrogen-bond donors (Lipinski definition) is 2. The van der Waals surface area contributed by atoms with E-state index in [9.17, 15) is 9.59 Å². The van der Waals surface area contributed by atoms with E-state index in [2.05, 4.69) is 10.6 Å². The molecule has 1 aliphatic carbocycles. The lowest BCUT2D eigenvalue weighted by molar-refractivity contribution is -0.122. The molecule has 1 aromatic rings. The molecule has 118 valence electrons. The summed E-state index contributed by atoms with van der Waals surface area (Å²) >= 11 is 0. The zero-order valence-corrected chi connectivity index (χ0v) is 12.9. The highest BCUT2D eigenvalue weighted by molar-refractivity contribution is 6.01. The molecule has 0 saturated heterocycles. The third kappa shape index (κ3) is 3.24. The lowest BCUT2D eigenvalue weighted by Gasteiger charge is -2.24. The predicted octanol–water partition coefficient (Wildman–Crippen LogP) is 2.86. The molecule has 1 fully saturated rings. The topological polar surface area (TPSA) is 67.4 Å². The molecule has 1 saturated carbocycles. The van der Waals surface area contributed by atoms with Crippen molar-refractivity contribution in [3.8, 4) is 5.75 Å². The van der Waals surface area contributed by atoms with Crippen molar-refractivity contribution < 1.29 is 14.3 Å². The van der Waals surface area contributed by atoms with E-state index in [0.29, 0.717) is 17.0 Å². The van der Waals surface area contributed by atoms with Gasteiger partial charge in [0.25, 0.3) is 11.8 Å². The number of nitrogens with one attached hydrogen (secondary N) is 2. The molecule has 5 nitrogen and oxygen atoms in total. The van der Waals surface area contributed by atoms with Gasteiger partial charge in [0, 0.05) is 11.6 Å². The number of fused-ring (bicyclic) bond motifs is 1. The summed E-state index contributed by atoms with van der Waals surface area (Å²) in [6.45, 7) is 1.70. The van der Waals surface area contributed by atoms with Gasteiger partial charge < -0.3 is 15.4 Å². The minimum absolute atomic E-state index is 0.0810. The molecule has 2 aliphatic rings. The highest BCUT2D eigenvalue weighted by atomic mass is 16.5. The molecule has 2 N–H and O–H groups in total. The standard InChI is InChI=1S/C17H22N2O3/c1-11-16(20)19-14-10-12(8-9-15(14)22-11)17(21)18-13-6-4-2-3-5-7-13/h8-11,13H,2-7H2,1H3,(H,18,21)(H,19,20). The van der Waals surface area contributed by atoms with Crippen molar-refractivity contribution in [2.24, 2.45) is 0 Å². The molecule has 0 bridgehead atoms. The summed E-state index contributed by atoms with van der Waals surface area (Å²) in [6, 6.07) is 5.44. The monoisotopic (exact) mass is 302 g/mol. The first-order valence-corrected chi connectivity index (χ1v) is 8.06. The van der Waals surface area contributed by atoms with Crippen LogP contribution < -0.4 is 15.4 Å². The summed E-state index contributed by atoms with van der Waals surface area (Å²) < 4.78 is 5.50. The molecule has 1 unspecified atom stereocenters. The van der Waals surface area contributed by atoms with Crippen LogP contribution in [0, 0.1) is 0 Å². The second-order valence-corrected chi connectivity index (χ2v) is 6.12. The van der Waals surface area contributed by atoms with Crippen LogP contribution in [0.1, 0.15) is 55.8 Å². The van der Waals surface area contributed by atoms with Gasteiger partial charge in [-0.05, 0) is 38.0 Å². The quantitative estimate of drug-likeness (QED) is 0.825. The summed E-state index contributed by atoms with van der Waals surface area (Å²) in [6.07, 6.45) is 6.47. The van der Waals surface area contributed by atoms with Crippen LogP contribution in [0.5, 0.6) is 5.75 Å². The Bertz CT molecular complexity index is 577. The van der Waals surface area contributed by atoms with Gasteiger partial charge in [0.05, 0.1) is 5.69 Å². The Kier molecular flexibility index (Phi) is 4.32. The first kappa shape index (κ1) is 14.9. The van der Waals surface area contributed by atoms with E-state index in [1.54, 1.807) is 25.1 Å². The molecular weight excluding hydrogens is 280 g/mol. The van der Waals surface area contributed by atoms with E-state index < -0.39 is 6.10 Å². The average Bonchev–Trinajstić information content (AvgIpc) is 2.76. The number of ether oxygens (including phenoxy) is 1. The predicted molar refractivity (Wildman–Crippen MR) is 84.1 cm³/mol. The summed E-state index contributed by atoms with van der Waals surface area (Å²) in [5.74, 6) is 0.342. The van der Waals surface area contributed by atoms with Crippen LogP contribution in [0.4, 0.5) is 5.69 Å². The molecule has 3 rings (SSSR count). The smallest absolute Gasteiger partial charge is 0.265 e. The van der Waals surface area contributed by atoms with Crippen molar-refractivity contribution in [3.63, 3.8) is 0 Å². The van der Waals surface area contributed by atoms with Crippen LogP contribution in [0.2, 0.25) is 0 Å². The maximum atomic E-state index is 12.4. The van der Waals surface area contributed by atoms with Crippen LogP contribution >= 0.6 is 0 Å². The van der Waals surface area contributed by atoms with E-state index in [1.165, 1.54) is 25.7 Å². The number of benzene rings is 1. The highest BCUT2D eigenvalue weighted by Crippen LogP contribution is 2.30. The normalized spacial score (nSPS) is 22.0. The lowest BCUT2D eigenvalue weighted by Crippen LogP contribution is -2.36. The number of amides is 2. The molecule has 1 heterocycles. The van der Waals surface area contributed by atoms with Crippen molar-refractivity contribution in [3.05, 3.63) is 23.8 Å². The van der Waals surface area contributed by atoms with Crippen LogP contribution in [0.25, 0.3) is 0 Å². The zero-order valence-electron chi connectivity index (χ0n) is 12.9. The summed E-state index contributed by atoms with van der Waals surface area (Å²) in [4.78, 5) is 24.0. The fraction of sp³-hybridized carbons (Fsp3) is 0.529. The van der Waals surface area contributed by atoms with Crippen molar-refractivity contribution in [2.45, 2.75) is 57.6 Å². The van der Waals surface area contributed by atoms with Crippen LogP contribution in [0.3, 0.4) is 0 Å². The second-order valence-electron chi connectivity index (χ2n) is 6.12. The number of carbonyl (C=O) groups excluding carboxylic acids is 2. The molecule has 1 aromatic carbocycles. The molecule has 0 radical (unpaired) electrons. The Balaban J connectivity index is 1.70. The third-order valence-corrected chi connectivity index (χ3v) is 4.36. The zero-order chi connectivity index (χ0) is 15.5. The van der Waals surface area contributed by atoms with E-state index >= 15 is 0 Å². The summed E-state index contributed by atoms with van der Waals surface area (Å²) in [7, 11) is 0. The Morgan fingerprint density at radius 2 is 1.95 bits per heavy atom. The van der Waals surface area contributed by atoms with Crippen molar-refractivity contribution in [1.82, 2.24) is 5.32 Å². The van der Waals surface area contributed by atoms with Gasteiger partial charge in [0.1, 0.15) is 5.75 Å². The first-order valence-electron chi connectivity index (χ1n) is 8.06. The maximum Gasteiger partial charge on any atom is 0.265 e. The van der Waals surface area contributed by atoms with E-state index in [-0.39, 0.29) is 17.9 Å². The van der Waals surface area contributed by atoms with Crippen LogP contribution in [0.15, 0.2) is 18.2 Å². The van der Waals surface area contributed by atoms with E-state index in [4.69, 9.17) is 4.74 Å². The van der Waals surface area contributed by atoms with Gasteiger partial charge in [0.15, 0.2) is 6.10 Å². The van der Waals surface area contributed by atoms with Gasteiger partial charge in [-0.25, -0.2) is 0 Å². The van der Waals surface area contributed by atoms with Gasteiger partial charge in [-0.15, -0.1) is 0 Å². The van der Waals surface area contributed by atoms with Gasteiger partial charge in [0.2, 0.25) is 0 Å². The minimum Gasteiger partial charge on any atom is -0.479 e.